The van der Waals surface area contributed by atoms with E-state index in [0.717, 1.165) is 54.5 Å². The second-order valence-corrected chi connectivity index (χ2v) is 9.86. The fraction of sp³-hybridized carbons (Fsp3) is 0.423. The Balaban J connectivity index is 1.30. The summed E-state index contributed by atoms with van der Waals surface area (Å²) in [6.07, 6.45) is 8.77. The van der Waals surface area contributed by atoms with E-state index in [1.807, 2.05) is 44.7 Å². The van der Waals surface area contributed by atoms with E-state index < -0.39 is 0 Å². The Labute approximate surface area is 204 Å². The molecule has 0 radical (unpaired) electrons. The van der Waals surface area contributed by atoms with Gasteiger partial charge in [0.1, 0.15) is 11.3 Å². The molecule has 2 aliphatic heterocycles. The molecule has 1 amide bonds. The molecule has 6 rings (SSSR count). The van der Waals surface area contributed by atoms with Crippen molar-refractivity contribution in [2.45, 2.75) is 31.2 Å². The van der Waals surface area contributed by atoms with Crippen molar-refractivity contribution in [2.75, 3.05) is 37.0 Å². The molecule has 4 aromatic rings. The van der Waals surface area contributed by atoms with Gasteiger partial charge in [-0.05, 0) is 50.4 Å². The average molecular weight is 474 g/mol. The van der Waals surface area contributed by atoms with Crippen LogP contribution in [0.25, 0.3) is 21.8 Å². The predicted molar refractivity (Wildman–Crippen MR) is 137 cm³/mol. The Morgan fingerprint density at radius 1 is 1.09 bits per heavy atom. The van der Waals surface area contributed by atoms with Crippen molar-refractivity contribution in [1.82, 2.24) is 24.9 Å². The van der Waals surface area contributed by atoms with Gasteiger partial charge in [0.2, 0.25) is 0 Å². The lowest BCUT2D eigenvalue weighted by Gasteiger charge is -2.40. The van der Waals surface area contributed by atoms with E-state index in [2.05, 4.69) is 31.8 Å². The first-order valence-corrected chi connectivity index (χ1v) is 12.2. The SMILES string of the molecule is COc1cc2nn(C)cc2cc1NC(=O)c1ccc(N2CCC3(CCCN3)CC2)c2cn(C)nc12. The van der Waals surface area contributed by atoms with Gasteiger partial charge < -0.3 is 20.3 Å². The molecule has 2 saturated heterocycles. The van der Waals surface area contributed by atoms with Crippen LogP contribution in [-0.4, -0.2) is 57.8 Å². The molecular formula is C26H31N7O2. The number of ether oxygens (including phenoxy) is 1. The summed E-state index contributed by atoms with van der Waals surface area (Å²) >= 11 is 0. The van der Waals surface area contributed by atoms with Gasteiger partial charge in [0, 0.05) is 67.6 Å². The molecule has 9 heteroatoms. The maximum absolute atomic E-state index is 13.4. The number of methoxy groups -OCH3 is 1. The van der Waals surface area contributed by atoms with E-state index in [1.165, 1.54) is 12.8 Å². The van der Waals surface area contributed by atoms with Crippen LogP contribution < -0.4 is 20.3 Å². The zero-order chi connectivity index (χ0) is 24.2. The lowest BCUT2D eigenvalue weighted by Crippen LogP contribution is -2.50. The van der Waals surface area contributed by atoms with Crippen LogP contribution in [-0.2, 0) is 14.1 Å². The monoisotopic (exact) mass is 473 g/mol. The quantitative estimate of drug-likeness (QED) is 0.472. The van der Waals surface area contributed by atoms with Gasteiger partial charge in [0.15, 0.2) is 0 Å². The van der Waals surface area contributed by atoms with Crippen molar-refractivity contribution < 1.29 is 9.53 Å². The number of aromatic nitrogens is 4. The van der Waals surface area contributed by atoms with Crippen molar-refractivity contribution in [3.05, 3.63) is 42.2 Å². The molecule has 35 heavy (non-hydrogen) atoms. The number of benzene rings is 2. The molecule has 2 fully saturated rings. The van der Waals surface area contributed by atoms with Crippen LogP contribution in [0.4, 0.5) is 11.4 Å². The first-order chi connectivity index (χ1) is 16.9. The van der Waals surface area contributed by atoms with Crippen molar-refractivity contribution in [3.63, 3.8) is 0 Å². The number of nitrogens with one attached hydrogen (secondary N) is 2. The third kappa shape index (κ3) is 3.80. The molecule has 2 aliphatic rings. The molecule has 0 saturated carbocycles. The largest absolute Gasteiger partial charge is 0.494 e. The zero-order valence-corrected chi connectivity index (χ0v) is 20.5. The summed E-state index contributed by atoms with van der Waals surface area (Å²) in [7, 11) is 5.37. The van der Waals surface area contributed by atoms with Gasteiger partial charge in [-0.15, -0.1) is 0 Å². The third-order valence-corrected chi connectivity index (χ3v) is 7.59. The standard InChI is InChI=1S/C26H31N7O2/c1-31-15-17-13-21(23(35-3)14-20(17)29-31)28-25(34)18-5-6-22(19-16-32(2)30-24(18)19)33-11-8-26(9-12-33)7-4-10-27-26/h5-6,13-16,27H,4,7-12H2,1-3H3,(H,28,34). The summed E-state index contributed by atoms with van der Waals surface area (Å²) in [6.45, 7) is 3.14. The fourth-order valence-electron chi connectivity index (χ4n) is 5.77. The zero-order valence-electron chi connectivity index (χ0n) is 20.5. The maximum Gasteiger partial charge on any atom is 0.258 e. The minimum Gasteiger partial charge on any atom is -0.494 e. The molecule has 4 heterocycles. The van der Waals surface area contributed by atoms with Crippen LogP contribution in [0.15, 0.2) is 36.7 Å². The van der Waals surface area contributed by atoms with Crippen molar-refractivity contribution >= 4 is 39.1 Å². The highest BCUT2D eigenvalue weighted by molar-refractivity contribution is 6.14. The summed E-state index contributed by atoms with van der Waals surface area (Å²) in [5, 5.41) is 17.8. The second kappa shape index (κ2) is 8.27. The molecule has 182 valence electrons. The van der Waals surface area contributed by atoms with Gasteiger partial charge in [0.05, 0.1) is 23.9 Å². The topological polar surface area (TPSA) is 89.2 Å². The minimum absolute atomic E-state index is 0.213. The first-order valence-electron chi connectivity index (χ1n) is 12.2. The molecule has 0 unspecified atom stereocenters. The highest BCUT2D eigenvalue weighted by Crippen LogP contribution is 2.36. The lowest BCUT2D eigenvalue weighted by atomic mass is 9.86. The molecular weight excluding hydrogens is 442 g/mol. The van der Waals surface area contributed by atoms with E-state index in [0.29, 0.717) is 28.1 Å². The molecule has 0 bridgehead atoms. The fourth-order valence-corrected chi connectivity index (χ4v) is 5.77. The Kier molecular flexibility index (Phi) is 5.17. The molecule has 0 atom stereocenters. The molecule has 2 N–H and O–H groups in total. The third-order valence-electron chi connectivity index (χ3n) is 7.59. The lowest BCUT2D eigenvalue weighted by molar-refractivity contribution is 0.102. The predicted octanol–water partition coefficient (Wildman–Crippen LogP) is 3.44. The van der Waals surface area contributed by atoms with Gasteiger partial charge in [-0.3, -0.25) is 14.2 Å². The second-order valence-electron chi connectivity index (χ2n) is 9.86. The van der Waals surface area contributed by atoms with E-state index in [9.17, 15) is 4.79 Å². The van der Waals surface area contributed by atoms with Gasteiger partial charge >= 0.3 is 0 Å². The van der Waals surface area contributed by atoms with Crippen LogP contribution in [0.1, 0.15) is 36.0 Å². The van der Waals surface area contributed by atoms with E-state index in [-0.39, 0.29) is 5.91 Å². The van der Waals surface area contributed by atoms with Crippen LogP contribution in [0.3, 0.4) is 0 Å². The number of nitrogens with zero attached hydrogens (tertiary/aromatic N) is 5. The number of carbonyl (C=O) groups is 1. The van der Waals surface area contributed by atoms with Gasteiger partial charge in [-0.1, -0.05) is 0 Å². The number of rotatable bonds is 4. The van der Waals surface area contributed by atoms with Crippen molar-refractivity contribution in [2.24, 2.45) is 14.1 Å². The number of aryl methyl sites for hydroxylation is 2. The molecule has 2 aromatic heterocycles. The maximum atomic E-state index is 13.4. The first kappa shape index (κ1) is 21.9. The van der Waals surface area contributed by atoms with E-state index in [4.69, 9.17) is 4.74 Å². The Hall–Kier alpha value is -3.59. The molecule has 1 spiro atoms. The minimum atomic E-state index is -0.213. The number of amides is 1. The van der Waals surface area contributed by atoms with Crippen molar-refractivity contribution in [1.29, 1.82) is 0 Å². The van der Waals surface area contributed by atoms with E-state index >= 15 is 0 Å². The average Bonchev–Trinajstić information content (AvgIpc) is 3.55. The van der Waals surface area contributed by atoms with Crippen LogP contribution in [0, 0.1) is 0 Å². The Morgan fingerprint density at radius 3 is 2.63 bits per heavy atom. The number of hydrogen-bond donors (Lipinski definition) is 2. The van der Waals surface area contributed by atoms with Crippen LogP contribution in [0.5, 0.6) is 5.75 Å². The molecule has 9 nitrogen and oxygen atoms in total. The van der Waals surface area contributed by atoms with Crippen LogP contribution >= 0.6 is 0 Å². The normalized spacial score (nSPS) is 17.5. The summed E-state index contributed by atoms with van der Waals surface area (Å²) < 4.78 is 9.07. The summed E-state index contributed by atoms with van der Waals surface area (Å²) in [5.74, 6) is 0.357. The molecule has 0 aliphatic carbocycles. The summed E-state index contributed by atoms with van der Waals surface area (Å²) in [6, 6.07) is 7.70. The van der Waals surface area contributed by atoms with Gasteiger partial charge in [-0.25, -0.2) is 0 Å². The number of fused-ring (bicyclic) bond motifs is 2. The van der Waals surface area contributed by atoms with Crippen LogP contribution in [0.2, 0.25) is 0 Å². The number of piperidine rings is 1. The van der Waals surface area contributed by atoms with E-state index in [1.54, 1.807) is 16.5 Å². The number of anilines is 2. The smallest absolute Gasteiger partial charge is 0.258 e. The van der Waals surface area contributed by atoms with Gasteiger partial charge in [0.25, 0.3) is 5.91 Å². The highest BCUT2D eigenvalue weighted by Gasteiger charge is 2.37. The number of hydrogen-bond acceptors (Lipinski definition) is 6. The molecule has 2 aromatic carbocycles. The van der Waals surface area contributed by atoms with Gasteiger partial charge in [-0.2, -0.15) is 10.2 Å². The number of carbonyl (C=O) groups excluding carboxylic acids is 1. The highest BCUT2D eigenvalue weighted by atomic mass is 16.5. The Morgan fingerprint density at radius 2 is 1.89 bits per heavy atom. The van der Waals surface area contributed by atoms with Crippen molar-refractivity contribution in [3.8, 4) is 5.75 Å². The summed E-state index contributed by atoms with van der Waals surface area (Å²) in [4.78, 5) is 15.9. The Bertz CT molecular complexity index is 1420. The summed E-state index contributed by atoms with van der Waals surface area (Å²) in [5.41, 5.74) is 4.14.